The number of anilines is 1. The molecule has 1 saturated heterocycles. The monoisotopic (exact) mass is 548 g/mol. The topological polar surface area (TPSA) is 127 Å². The van der Waals surface area contributed by atoms with Gasteiger partial charge in [0.05, 0.1) is 6.61 Å². The fourth-order valence-corrected chi connectivity index (χ4v) is 3.69. The lowest BCUT2D eigenvalue weighted by Crippen LogP contribution is -2.52. The first-order valence-electron chi connectivity index (χ1n) is 13.5. The van der Waals surface area contributed by atoms with E-state index in [9.17, 15) is 19.2 Å². The summed E-state index contributed by atoms with van der Waals surface area (Å²) in [5.74, 6) is 0.478. The van der Waals surface area contributed by atoms with E-state index < -0.39 is 23.4 Å². The maximum absolute atomic E-state index is 13.0. The minimum absolute atomic E-state index is 0.197. The Bertz CT molecular complexity index is 968. The summed E-state index contributed by atoms with van der Waals surface area (Å²) < 4.78 is 16.2. The molecule has 0 spiro atoms. The van der Waals surface area contributed by atoms with Crippen LogP contribution in [-0.2, 0) is 14.3 Å². The molecule has 0 aromatic heterocycles. The van der Waals surface area contributed by atoms with Crippen molar-refractivity contribution < 1.29 is 33.4 Å². The summed E-state index contributed by atoms with van der Waals surface area (Å²) in [6, 6.07) is 6.85. The summed E-state index contributed by atoms with van der Waals surface area (Å²) in [7, 11) is 0. The molecule has 11 heteroatoms. The van der Waals surface area contributed by atoms with Gasteiger partial charge in [-0.05, 0) is 91.5 Å². The largest absolute Gasteiger partial charge is 0.494 e. The maximum Gasteiger partial charge on any atom is 0.407 e. The van der Waals surface area contributed by atoms with E-state index in [-0.39, 0.29) is 24.9 Å². The van der Waals surface area contributed by atoms with Crippen molar-refractivity contribution in [1.82, 2.24) is 15.5 Å². The summed E-state index contributed by atoms with van der Waals surface area (Å²) in [6.45, 7) is 12.8. The molecule has 11 nitrogen and oxygen atoms in total. The Morgan fingerprint density at radius 1 is 0.821 bits per heavy atom. The van der Waals surface area contributed by atoms with Crippen molar-refractivity contribution >= 4 is 29.8 Å². The van der Waals surface area contributed by atoms with Gasteiger partial charge in [0, 0.05) is 38.3 Å². The van der Waals surface area contributed by atoms with Gasteiger partial charge in [-0.25, -0.2) is 14.4 Å². The number of unbranched alkanes of at least 4 members (excludes halogenated alkanes) is 2. The third kappa shape index (κ3) is 12.3. The van der Waals surface area contributed by atoms with Gasteiger partial charge in [0.25, 0.3) is 0 Å². The van der Waals surface area contributed by atoms with Gasteiger partial charge in [0.1, 0.15) is 17.0 Å². The molecule has 39 heavy (non-hydrogen) atoms. The second kappa shape index (κ2) is 14.6. The molecule has 1 aromatic rings. The second-order valence-electron chi connectivity index (χ2n) is 11.3. The van der Waals surface area contributed by atoms with Crippen LogP contribution in [0.4, 0.5) is 20.1 Å². The molecule has 0 bridgehead atoms. The zero-order chi connectivity index (χ0) is 29.1. The Labute approximate surface area is 231 Å². The number of alkyl carbamates (subject to hydrolysis) is 2. The quantitative estimate of drug-likeness (QED) is 0.358. The first-order chi connectivity index (χ1) is 18.2. The van der Waals surface area contributed by atoms with Gasteiger partial charge < -0.3 is 24.8 Å². The number of amides is 5. The van der Waals surface area contributed by atoms with Crippen molar-refractivity contribution in [2.24, 2.45) is 0 Å². The fourth-order valence-electron chi connectivity index (χ4n) is 3.69. The molecule has 1 aliphatic rings. The third-order valence-corrected chi connectivity index (χ3v) is 5.45. The summed E-state index contributed by atoms with van der Waals surface area (Å²) in [6.07, 6.45) is 2.02. The van der Waals surface area contributed by atoms with E-state index in [4.69, 9.17) is 14.2 Å². The average Bonchev–Trinajstić information content (AvgIpc) is 2.81. The average molecular weight is 549 g/mol. The van der Waals surface area contributed by atoms with Crippen LogP contribution < -0.4 is 20.3 Å². The highest BCUT2D eigenvalue weighted by atomic mass is 16.6. The maximum atomic E-state index is 13.0. The lowest BCUT2D eigenvalue weighted by Gasteiger charge is -2.34. The first kappa shape index (κ1) is 31.7. The van der Waals surface area contributed by atoms with Crippen LogP contribution in [0.15, 0.2) is 24.3 Å². The highest BCUT2D eigenvalue weighted by Gasteiger charge is 2.32. The molecule has 0 saturated carbocycles. The smallest absolute Gasteiger partial charge is 0.407 e. The SMILES string of the molecule is CC(C)(C)OC(=O)NCCCCOc1ccc(N2CCC(=O)N(CCCCNC(=O)OC(C)(C)C)C2=O)cc1. The molecule has 0 atom stereocenters. The van der Waals surface area contributed by atoms with Gasteiger partial charge in [-0.1, -0.05) is 0 Å². The Morgan fingerprint density at radius 2 is 1.36 bits per heavy atom. The molecule has 0 aliphatic carbocycles. The number of nitrogens with one attached hydrogen (secondary N) is 2. The van der Waals surface area contributed by atoms with Gasteiger partial charge in [-0.3, -0.25) is 14.6 Å². The van der Waals surface area contributed by atoms with Crippen molar-refractivity contribution in [3.8, 4) is 5.75 Å². The van der Waals surface area contributed by atoms with Crippen LogP contribution in [0, 0.1) is 0 Å². The van der Waals surface area contributed by atoms with Gasteiger partial charge in [0.2, 0.25) is 5.91 Å². The number of ether oxygens (including phenoxy) is 3. The number of hydrogen-bond donors (Lipinski definition) is 2. The van der Waals surface area contributed by atoms with Crippen molar-refractivity contribution in [2.75, 3.05) is 37.7 Å². The Morgan fingerprint density at radius 3 is 1.90 bits per heavy atom. The molecule has 0 radical (unpaired) electrons. The predicted molar refractivity (Wildman–Crippen MR) is 148 cm³/mol. The number of hydrogen-bond acceptors (Lipinski definition) is 7. The van der Waals surface area contributed by atoms with Crippen LogP contribution in [0.25, 0.3) is 0 Å². The van der Waals surface area contributed by atoms with E-state index in [1.54, 1.807) is 49.9 Å². The molecule has 1 fully saturated rings. The summed E-state index contributed by atoms with van der Waals surface area (Å²) in [5.41, 5.74) is -0.390. The van der Waals surface area contributed by atoms with E-state index in [0.717, 1.165) is 12.8 Å². The van der Waals surface area contributed by atoms with Crippen LogP contribution in [0.3, 0.4) is 0 Å². The number of rotatable bonds is 12. The van der Waals surface area contributed by atoms with E-state index >= 15 is 0 Å². The Balaban J connectivity index is 1.72. The van der Waals surface area contributed by atoms with Gasteiger partial charge in [0.15, 0.2) is 0 Å². The molecule has 0 unspecified atom stereocenters. The molecule has 5 amide bonds. The summed E-state index contributed by atoms with van der Waals surface area (Å²) in [5, 5.41) is 5.40. The number of imide groups is 1. The molecule has 2 rings (SSSR count). The third-order valence-electron chi connectivity index (χ3n) is 5.45. The van der Waals surface area contributed by atoms with E-state index in [1.807, 2.05) is 20.8 Å². The van der Waals surface area contributed by atoms with Crippen molar-refractivity contribution in [1.29, 1.82) is 0 Å². The van der Waals surface area contributed by atoms with Gasteiger partial charge >= 0.3 is 18.2 Å². The van der Waals surface area contributed by atoms with Crippen molar-refractivity contribution in [2.45, 2.75) is 84.8 Å². The van der Waals surface area contributed by atoms with Gasteiger partial charge in [-0.2, -0.15) is 0 Å². The van der Waals surface area contributed by atoms with Gasteiger partial charge in [-0.15, -0.1) is 0 Å². The Hall–Kier alpha value is -3.50. The normalized spacial score (nSPS) is 14.2. The second-order valence-corrected chi connectivity index (χ2v) is 11.3. The first-order valence-corrected chi connectivity index (χ1v) is 13.5. The molecular weight excluding hydrogens is 504 g/mol. The standard InChI is InChI=1S/C28H44N4O7/c1-27(2,3)38-24(34)29-16-7-9-18-32-23(33)15-19-31(26(32)36)21-11-13-22(14-12-21)37-20-10-8-17-30-25(35)39-28(4,5)6/h11-14H,7-10,15-20H2,1-6H3,(H,29,34)(H,30,35). The van der Waals surface area contributed by atoms with E-state index in [2.05, 4.69) is 10.6 Å². The highest BCUT2D eigenvalue weighted by Crippen LogP contribution is 2.24. The van der Waals surface area contributed by atoms with Crippen LogP contribution in [-0.4, -0.2) is 73.0 Å². The van der Waals surface area contributed by atoms with Crippen molar-refractivity contribution in [3.63, 3.8) is 0 Å². The number of nitrogens with zero attached hydrogens (tertiary/aromatic N) is 2. The zero-order valence-corrected chi connectivity index (χ0v) is 24.1. The molecule has 1 aromatic carbocycles. The minimum atomic E-state index is -0.563. The molecule has 218 valence electrons. The molecule has 2 N–H and O–H groups in total. The van der Waals surface area contributed by atoms with E-state index in [1.165, 1.54) is 4.90 Å². The predicted octanol–water partition coefficient (Wildman–Crippen LogP) is 4.83. The van der Waals surface area contributed by atoms with E-state index in [0.29, 0.717) is 50.5 Å². The lowest BCUT2D eigenvalue weighted by molar-refractivity contribution is -0.128. The summed E-state index contributed by atoms with van der Waals surface area (Å²) >= 11 is 0. The van der Waals surface area contributed by atoms with Crippen LogP contribution >= 0.6 is 0 Å². The zero-order valence-electron chi connectivity index (χ0n) is 24.1. The molecular formula is C28H44N4O7. The number of urea groups is 1. The number of carbonyl (C=O) groups excluding carboxylic acids is 4. The molecule has 1 heterocycles. The molecule has 1 aliphatic heterocycles. The highest BCUT2D eigenvalue weighted by molar-refractivity contribution is 6.05. The van der Waals surface area contributed by atoms with Crippen LogP contribution in [0.2, 0.25) is 0 Å². The van der Waals surface area contributed by atoms with Crippen molar-refractivity contribution in [3.05, 3.63) is 24.3 Å². The number of carbonyl (C=O) groups is 4. The Kier molecular flexibility index (Phi) is 11.9. The van der Waals surface area contributed by atoms with Crippen LogP contribution in [0.1, 0.15) is 73.6 Å². The van der Waals surface area contributed by atoms with Crippen LogP contribution in [0.5, 0.6) is 5.75 Å². The number of benzene rings is 1. The fraction of sp³-hybridized carbons (Fsp3) is 0.643. The summed E-state index contributed by atoms with van der Waals surface area (Å²) in [4.78, 5) is 51.6. The minimum Gasteiger partial charge on any atom is -0.494 e. The lowest BCUT2D eigenvalue weighted by atomic mass is 10.2.